The second-order valence-electron chi connectivity index (χ2n) is 6.68. The normalized spacial score (nSPS) is 11.7. The Labute approximate surface area is 179 Å². The van der Waals surface area contributed by atoms with E-state index in [0.29, 0.717) is 23.0 Å². The smallest absolute Gasteiger partial charge is 0.259 e. The summed E-state index contributed by atoms with van der Waals surface area (Å²) < 4.78 is 27.1. The molecule has 0 radical (unpaired) electrons. The Kier molecular flexibility index (Phi) is 7.73. The van der Waals surface area contributed by atoms with Gasteiger partial charge in [0.05, 0.1) is 11.3 Å². The SMILES string of the molecule is C=N/C(=C\C(=C/C)c1cnc(N(C)C)c(C(=O)Nc2ccc(F)cc2F)c1)NC(C)=O. The molecular weight excluding hydrogens is 404 g/mol. The molecule has 1 heterocycles. The fraction of sp³-hybridized carbons (Fsp3) is 0.182. The first kappa shape index (κ1) is 23.4. The molecular formula is C22H23F2N5O2. The molecule has 0 saturated heterocycles. The Hall–Kier alpha value is -3.88. The van der Waals surface area contributed by atoms with Crippen molar-refractivity contribution in [2.75, 3.05) is 24.3 Å². The molecule has 2 rings (SSSR count). The Morgan fingerprint density at radius 2 is 1.94 bits per heavy atom. The van der Waals surface area contributed by atoms with E-state index in [0.717, 1.165) is 12.1 Å². The molecule has 0 aliphatic rings. The number of aromatic nitrogens is 1. The van der Waals surface area contributed by atoms with Gasteiger partial charge in [0.1, 0.15) is 23.3 Å². The third-order valence-corrected chi connectivity index (χ3v) is 4.13. The summed E-state index contributed by atoms with van der Waals surface area (Å²) in [5.41, 5.74) is 1.20. The van der Waals surface area contributed by atoms with Crippen LogP contribution in [-0.2, 0) is 4.79 Å². The molecule has 0 aliphatic heterocycles. The third kappa shape index (κ3) is 6.05. The lowest BCUT2D eigenvalue weighted by Gasteiger charge is -2.17. The third-order valence-electron chi connectivity index (χ3n) is 4.13. The highest BCUT2D eigenvalue weighted by Gasteiger charge is 2.18. The van der Waals surface area contributed by atoms with E-state index in [-0.39, 0.29) is 23.0 Å². The molecule has 1 aromatic heterocycles. The number of carbonyl (C=O) groups excluding carboxylic acids is 2. The second-order valence-corrected chi connectivity index (χ2v) is 6.68. The van der Waals surface area contributed by atoms with Crippen molar-refractivity contribution >= 4 is 35.6 Å². The Morgan fingerprint density at radius 3 is 2.48 bits per heavy atom. The van der Waals surface area contributed by atoms with Crippen LogP contribution in [0.15, 0.2) is 53.4 Å². The van der Waals surface area contributed by atoms with E-state index in [1.165, 1.54) is 6.92 Å². The molecule has 2 N–H and O–H groups in total. The Morgan fingerprint density at radius 1 is 1.23 bits per heavy atom. The predicted molar refractivity (Wildman–Crippen MR) is 118 cm³/mol. The maximum atomic E-state index is 14.0. The lowest BCUT2D eigenvalue weighted by molar-refractivity contribution is -0.118. The summed E-state index contributed by atoms with van der Waals surface area (Å²) in [6.45, 7) is 6.55. The van der Waals surface area contributed by atoms with Crippen LogP contribution in [0.1, 0.15) is 29.8 Å². The quantitative estimate of drug-likeness (QED) is 0.520. The minimum absolute atomic E-state index is 0.156. The lowest BCUT2D eigenvalue weighted by Crippen LogP contribution is -2.21. The minimum Gasteiger partial charge on any atom is -0.362 e. The summed E-state index contributed by atoms with van der Waals surface area (Å²) in [4.78, 5) is 34.0. The first-order valence-corrected chi connectivity index (χ1v) is 9.22. The van der Waals surface area contributed by atoms with Crippen molar-refractivity contribution in [3.05, 3.63) is 71.2 Å². The second kappa shape index (κ2) is 10.2. The number of nitrogens with zero attached hydrogens (tertiary/aromatic N) is 3. The number of anilines is 2. The van der Waals surface area contributed by atoms with Gasteiger partial charge in [-0.1, -0.05) is 6.08 Å². The molecule has 0 saturated carbocycles. The van der Waals surface area contributed by atoms with Gasteiger partial charge in [-0.15, -0.1) is 0 Å². The zero-order chi connectivity index (χ0) is 23.1. The van der Waals surface area contributed by atoms with Crippen LogP contribution in [0.5, 0.6) is 0 Å². The molecule has 0 unspecified atom stereocenters. The molecule has 7 nitrogen and oxygen atoms in total. The summed E-state index contributed by atoms with van der Waals surface area (Å²) in [5, 5.41) is 4.99. The number of hydrogen-bond acceptors (Lipinski definition) is 5. The molecule has 2 amide bonds. The summed E-state index contributed by atoms with van der Waals surface area (Å²) in [5.74, 6) is -1.98. The van der Waals surface area contributed by atoms with Gasteiger partial charge < -0.3 is 15.5 Å². The number of halogens is 2. The summed E-state index contributed by atoms with van der Waals surface area (Å²) >= 11 is 0. The molecule has 0 fully saturated rings. The van der Waals surface area contributed by atoms with E-state index in [1.54, 1.807) is 50.3 Å². The molecule has 0 atom stereocenters. The van der Waals surface area contributed by atoms with Crippen molar-refractivity contribution in [2.24, 2.45) is 4.99 Å². The van der Waals surface area contributed by atoms with Crippen molar-refractivity contribution in [3.63, 3.8) is 0 Å². The Bertz CT molecular complexity index is 1080. The van der Waals surface area contributed by atoms with Gasteiger partial charge in [0.15, 0.2) is 0 Å². The molecule has 1 aromatic carbocycles. The van der Waals surface area contributed by atoms with E-state index in [4.69, 9.17) is 0 Å². The monoisotopic (exact) mass is 427 g/mol. The highest BCUT2D eigenvalue weighted by atomic mass is 19.1. The van der Waals surface area contributed by atoms with E-state index in [9.17, 15) is 18.4 Å². The highest BCUT2D eigenvalue weighted by molar-refractivity contribution is 6.08. The van der Waals surface area contributed by atoms with Crippen LogP contribution >= 0.6 is 0 Å². The average Bonchev–Trinajstić information content (AvgIpc) is 2.72. The van der Waals surface area contributed by atoms with E-state index >= 15 is 0 Å². The first-order valence-electron chi connectivity index (χ1n) is 9.22. The number of benzene rings is 1. The molecule has 9 heteroatoms. The number of hydrogen-bond donors (Lipinski definition) is 2. The van der Waals surface area contributed by atoms with E-state index in [1.807, 2.05) is 0 Å². The number of aliphatic imine (C=N–C) groups is 1. The number of allylic oxidation sites excluding steroid dienone is 3. The summed E-state index contributed by atoms with van der Waals surface area (Å²) in [6.07, 6.45) is 4.90. The van der Waals surface area contributed by atoms with E-state index in [2.05, 4.69) is 27.3 Å². The zero-order valence-electron chi connectivity index (χ0n) is 17.7. The standard InChI is InChI=1S/C22H23F2N5O2/c1-6-14(10-20(25-3)27-13(2)30)15-9-17(21(26-12-15)29(4)5)22(31)28-19-8-7-16(23)11-18(19)24/h6-12H,3H2,1-2,4-5H3,(H,27,30)(H,28,31)/b14-6+,20-10+. The van der Waals surface area contributed by atoms with Gasteiger partial charge in [0, 0.05) is 38.8 Å². The molecule has 0 bridgehead atoms. The summed E-state index contributed by atoms with van der Waals surface area (Å²) in [6, 6.07) is 4.46. The lowest BCUT2D eigenvalue weighted by atomic mass is 10.0. The van der Waals surface area contributed by atoms with Gasteiger partial charge in [0.25, 0.3) is 5.91 Å². The molecule has 0 spiro atoms. The molecule has 2 aromatic rings. The number of carbonyl (C=O) groups is 2. The Balaban J connectivity index is 2.48. The topological polar surface area (TPSA) is 86.7 Å². The van der Waals surface area contributed by atoms with Crippen LogP contribution in [0.2, 0.25) is 0 Å². The van der Waals surface area contributed by atoms with Crippen molar-refractivity contribution in [1.29, 1.82) is 0 Å². The summed E-state index contributed by atoms with van der Waals surface area (Å²) in [7, 11) is 3.43. The highest BCUT2D eigenvalue weighted by Crippen LogP contribution is 2.25. The van der Waals surface area contributed by atoms with Gasteiger partial charge in [0.2, 0.25) is 5.91 Å². The van der Waals surface area contributed by atoms with Crippen LogP contribution in [0.4, 0.5) is 20.3 Å². The van der Waals surface area contributed by atoms with Crippen LogP contribution in [-0.4, -0.2) is 37.6 Å². The number of rotatable bonds is 7. The van der Waals surface area contributed by atoms with Crippen molar-refractivity contribution < 1.29 is 18.4 Å². The largest absolute Gasteiger partial charge is 0.362 e. The van der Waals surface area contributed by atoms with Crippen LogP contribution < -0.4 is 15.5 Å². The molecule has 31 heavy (non-hydrogen) atoms. The molecule has 0 aliphatic carbocycles. The first-order chi connectivity index (χ1) is 14.7. The minimum atomic E-state index is -0.891. The maximum Gasteiger partial charge on any atom is 0.259 e. The van der Waals surface area contributed by atoms with Gasteiger partial charge in [-0.2, -0.15) is 0 Å². The molecule has 162 valence electrons. The average molecular weight is 427 g/mol. The van der Waals surface area contributed by atoms with Gasteiger partial charge in [-0.25, -0.2) is 18.8 Å². The van der Waals surface area contributed by atoms with Crippen LogP contribution in [0, 0.1) is 11.6 Å². The van der Waals surface area contributed by atoms with Crippen molar-refractivity contribution in [3.8, 4) is 0 Å². The maximum absolute atomic E-state index is 14.0. The number of nitrogens with one attached hydrogen (secondary N) is 2. The fourth-order valence-corrected chi connectivity index (χ4v) is 2.70. The predicted octanol–water partition coefficient (Wildman–Crippen LogP) is 3.76. The van der Waals surface area contributed by atoms with Gasteiger partial charge in [-0.3, -0.25) is 9.59 Å². The van der Waals surface area contributed by atoms with Gasteiger partial charge in [-0.05, 0) is 43.5 Å². The zero-order valence-corrected chi connectivity index (χ0v) is 17.7. The number of pyridine rings is 1. The van der Waals surface area contributed by atoms with E-state index < -0.39 is 17.5 Å². The van der Waals surface area contributed by atoms with Crippen LogP contribution in [0.25, 0.3) is 5.57 Å². The van der Waals surface area contributed by atoms with Crippen LogP contribution in [0.3, 0.4) is 0 Å². The number of amides is 2. The van der Waals surface area contributed by atoms with Crippen molar-refractivity contribution in [1.82, 2.24) is 10.3 Å². The van der Waals surface area contributed by atoms with Gasteiger partial charge >= 0.3 is 0 Å². The van der Waals surface area contributed by atoms with Crippen molar-refractivity contribution in [2.45, 2.75) is 13.8 Å². The fourth-order valence-electron chi connectivity index (χ4n) is 2.70.